The minimum Gasteiger partial charge on any atom is -0.373 e. The zero-order valence-electron chi connectivity index (χ0n) is 11.3. The fourth-order valence-electron chi connectivity index (χ4n) is 2.29. The standard InChI is InChI=1S/C13H28N2O/c1-11(2)8-14-6-5-7-15-9-12(3)16-13(4)10-15/h11-14H,5-10H2,1-4H3/t12-,13+. The molecule has 0 aromatic carbocycles. The van der Waals surface area contributed by atoms with E-state index in [9.17, 15) is 0 Å². The Kier molecular flexibility index (Phi) is 6.32. The Morgan fingerprint density at radius 2 is 1.88 bits per heavy atom. The van der Waals surface area contributed by atoms with Crippen LogP contribution in [-0.4, -0.2) is 49.8 Å². The number of hydrogen-bond acceptors (Lipinski definition) is 3. The first-order valence-electron chi connectivity index (χ1n) is 6.66. The molecule has 0 radical (unpaired) electrons. The largest absolute Gasteiger partial charge is 0.373 e. The van der Waals surface area contributed by atoms with Crippen molar-refractivity contribution in [2.45, 2.75) is 46.3 Å². The van der Waals surface area contributed by atoms with Crippen molar-refractivity contribution in [3.05, 3.63) is 0 Å². The lowest BCUT2D eigenvalue weighted by atomic mass is 10.2. The Bertz CT molecular complexity index is 175. The van der Waals surface area contributed by atoms with Crippen LogP contribution in [0.4, 0.5) is 0 Å². The van der Waals surface area contributed by atoms with Crippen LogP contribution in [0.1, 0.15) is 34.1 Å². The molecule has 1 saturated heterocycles. The molecule has 0 aromatic rings. The molecule has 1 aliphatic heterocycles. The molecule has 3 nitrogen and oxygen atoms in total. The molecule has 1 aliphatic rings. The maximum absolute atomic E-state index is 5.72. The first kappa shape index (κ1) is 13.9. The van der Waals surface area contributed by atoms with Gasteiger partial charge in [0.25, 0.3) is 0 Å². The molecule has 0 amide bonds. The molecule has 16 heavy (non-hydrogen) atoms. The molecule has 1 N–H and O–H groups in total. The molecular formula is C13H28N2O. The van der Waals surface area contributed by atoms with Gasteiger partial charge < -0.3 is 10.1 Å². The van der Waals surface area contributed by atoms with Gasteiger partial charge in [0.05, 0.1) is 12.2 Å². The monoisotopic (exact) mass is 228 g/mol. The van der Waals surface area contributed by atoms with Crippen molar-refractivity contribution in [3.8, 4) is 0 Å². The number of rotatable bonds is 6. The molecule has 0 unspecified atom stereocenters. The highest BCUT2D eigenvalue weighted by atomic mass is 16.5. The number of nitrogens with zero attached hydrogens (tertiary/aromatic N) is 1. The van der Waals surface area contributed by atoms with Crippen LogP contribution in [0.15, 0.2) is 0 Å². The van der Waals surface area contributed by atoms with Gasteiger partial charge >= 0.3 is 0 Å². The molecule has 1 heterocycles. The summed E-state index contributed by atoms with van der Waals surface area (Å²) < 4.78 is 5.72. The highest BCUT2D eigenvalue weighted by Crippen LogP contribution is 2.10. The van der Waals surface area contributed by atoms with Gasteiger partial charge in [0.15, 0.2) is 0 Å². The Morgan fingerprint density at radius 3 is 2.44 bits per heavy atom. The molecule has 0 saturated carbocycles. The van der Waals surface area contributed by atoms with Crippen molar-refractivity contribution >= 4 is 0 Å². The van der Waals surface area contributed by atoms with E-state index in [1.54, 1.807) is 0 Å². The number of ether oxygens (including phenoxy) is 1. The predicted octanol–water partition coefficient (Wildman–Crippen LogP) is 1.73. The van der Waals surface area contributed by atoms with Gasteiger partial charge in [0.1, 0.15) is 0 Å². The fourth-order valence-corrected chi connectivity index (χ4v) is 2.29. The van der Waals surface area contributed by atoms with Crippen molar-refractivity contribution in [2.24, 2.45) is 5.92 Å². The summed E-state index contributed by atoms with van der Waals surface area (Å²) in [5.74, 6) is 0.753. The second-order valence-corrected chi connectivity index (χ2v) is 5.47. The highest BCUT2D eigenvalue weighted by Gasteiger charge is 2.21. The third kappa shape index (κ3) is 5.83. The molecule has 0 aromatic heterocycles. The van der Waals surface area contributed by atoms with Gasteiger partial charge in [0, 0.05) is 13.1 Å². The summed E-state index contributed by atoms with van der Waals surface area (Å²) >= 11 is 0. The van der Waals surface area contributed by atoms with Crippen LogP contribution in [0, 0.1) is 5.92 Å². The van der Waals surface area contributed by atoms with Crippen LogP contribution < -0.4 is 5.32 Å². The Balaban J connectivity index is 2.04. The van der Waals surface area contributed by atoms with E-state index in [1.165, 1.54) is 13.0 Å². The molecule has 1 rings (SSSR count). The van der Waals surface area contributed by atoms with E-state index >= 15 is 0 Å². The maximum Gasteiger partial charge on any atom is 0.0678 e. The van der Waals surface area contributed by atoms with E-state index in [0.717, 1.165) is 32.1 Å². The quantitative estimate of drug-likeness (QED) is 0.701. The van der Waals surface area contributed by atoms with Crippen LogP contribution >= 0.6 is 0 Å². The van der Waals surface area contributed by atoms with Crippen molar-refractivity contribution in [1.29, 1.82) is 0 Å². The van der Waals surface area contributed by atoms with Gasteiger partial charge in [-0.15, -0.1) is 0 Å². The zero-order chi connectivity index (χ0) is 12.0. The van der Waals surface area contributed by atoms with E-state index in [1.807, 2.05) is 0 Å². The van der Waals surface area contributed by atoms with E-state index in [0.29, 0.717) is 12.2 Å². The van der Waals surface area contributed by atoms with Crippen molar-refractivity contribution in [2.75, 3.05) is 32.7 Å². The van der Waals surface area contributed by atoms with Gasteiger partial charge in [-0.05, 0) is 45.8 Å². The van der Waals surface area contributed by atoms with Crippen LogP contribution in [0.5, 0.6) is 0 Å². The predicted molar refractivity (Wildman–Crippen MR) is 68.8 cm³/mol. The number of nitrogens with one attached hydrogen (secondary N) is 1. The molecule has 0 bridgehead atoms. The topological polar surface area (TPSA) is 24.5 Å². The molecule has 96 valence electrons. The molecule has 0 aliphatic carbocycles. The smallest absolute Gasteiger partial charge is 0.0678 e. The summed E-state index contributed by atoms with van der Waals surface area (Å²) in [5, 5.41) is 3.49. The summed E-state index contributed by atoms with van der Waals surface area (Å²) in [6, 6.07) is 0. The average Bonchev–Trinajstić information content (AvgIpc) is 2.15. The van der Waals surface area contributed by atoms with Gasteiger partial charge in [-0.25, -0.2) is 0 Å². The lowest BCUT2D eigenvalue weighted by Gasteiger charge is -2.35. The van der Waals surface area contributed by atoms with Crippen molar-refractivity contribution < 1.29 is 4.74 Å². The molecule has 2 atom stereocenters. The fraction of sp³-hybridized carbons (Fsp3) is 1.00. The minimum absolute atomic E-state index is 0.396. The molecular weight excluding hydrogens is 200 g/mol. The van der Waals surface area contributed by atoms with Crippen LogP contribution in [-0.2, 0) is 4.74 Å². The second kappa shape index (κ2) is 7.25. The summed E-state index contributed by atoms with van der Waals surface area (Å²) in [7, 11) is 0. The van der Waals surface area contributed by atoms with Gasteiger partial charge in [-0.2, -0.15) is 0 Å². The summed E-state index contributed by atoms with van der Waals surface area (Å²) in [4.78, 5) is 2.52. The molecule has 1 fully saturated rings. The van der Waals surface area contributed by atoms with Gasteiger partial charge in [0.2, 0.25) is 0 Å². The van der Waals surface area contributed by atoms with Crippen molar-refractivity contribution in [1.82, 2.24) is 10.2 Å². The van der Waals surface area contributed by atoms with Crippen molar-refractivity contribution in [3.63, 3.8) is 0 Å². The second-order valence-electron chi connectivity index (χ2n) is 5.47. The van der Waals surface area contributed by atoms with Crippen LogP contribution in [0.25, 0.3) is 0 Å². The van der Waals surface area contributed by atoms with Crippen LogP contribution in [0.2, 0.25) is 0 Å². The Hall–Kier alpha value is -0.120. The lowest BCUT2D eigenvalue weighted by molar-refractivity contribution is -0.0680. The first-order chi connectivity index (χ1) is 7.58. The SMILES string of the molecule is CC(C)CNCCCN1C[C@@H](C)O[C@@H](C)C1. The summed E-state index contributed by atoms with van der Waals surface area (Å²) in [5.41, 5.74) is 0. The van der Waals surface area contributed by atoms with E-state index in [4.69, 9.17) is 4.74 Å². The van der Waals surface area contributed by atoms with Crippen LogP contribution in [0.3, 0.4) is 0 Å². The zero-order valence-corrected chi connectivity index (χ0v) is 11.3. The van der Waals surface area contributed by atoms with E-state index in [2.05, 4.69) is 37.9 Å². The maximum atomic E-state index is 5.72. The van der Waals surface area contributed by atoms with E-state index < -0.39 is 0 Å². The van der Waals surface area contributed by atoms with E-state index in [-0.39, 0.29) is 0 Å². The third-order valence-electron chi connectivity index (χ3n) is 2.88. The first-order valence-corrected chi connectivity index (χ1v) is 6.66. The highest BCUT2D eigenvalue weighted by molar-refractivity contribution is 4.73. The Morgan fingerprint density at radius 1 is 1.25 bits per heavy atom. The molecule has 0 spiro atoms. The Labute approximate surface area is 101 Å². The van der Waals surface area contributed by atoms with Gasteiger partial charge in [-0.3, -0.25) is 4.90 Å². The number of morpholine rings is 1. The number of hydrogen-bond donors (Lipinski definition) is 1. The third-order valence-corrected chi connectivity index (χ3v) is 2.88. The summed E-state index contributed by atoms with van der Waals surface area (Å²) in [6.45, 7) is 14.5. The normalized spacial score (nSPS) is 27.6. The lowest BCUT2D eigenvalue weighted by Crippen LogP contribution is -2.46. The molecule has 3 heteroatoms. The summed E-state index contributed by atoms with van der Waals surface area (Å²) in [6.07, 6.45) is 2.03. The van der Waals surface area contributed by atoms with Gasteiger partial charge in [-0.1, -0.05) is 13.8 Å². The minimum atomic E-state index is 0.396. The average molecular weight is 228 g/mol.